The molecule has 0 bridgehead atoms. The van der Waals surface area contributed by atoms with E-state index in [1.54, 1.807) is 13.3 Å². The number of nitrogens with zero attached hydrogens (tertiary/aromatic N) is 1. The van der Waals surface area contributed by atoms with Gasteiger partial charge in [0.15, 0.2) is 0 Å². The first kappa shape index (κ1) is 18.0. The fraction of sp³-hybridized carbons (Fsp3) is 0.400. The van der Waals surface area contributed by atoms with E-state index in [9.17, 15) is 4.79 Å². The van der Waals surface area contributed by atoms with E-state index in [4.69, 9.17) is 4.74 Å². The van der Waals surface area contributed by atoms with Gasteiger partial charge >= 0.3 is 0 Å². The molecule has 0 spiro atoms. The Morgan fingerprint density at radius 2 is 1.83 bits per heavy atom. The van der Waals surface area contributed by atoms with Gasteiger partial charge in [-0.1, -0.05) is 32.0 Å². The maximum atomic E-state index is 12.3. The third-order valence-corrected chi connectivity index (χ3v) is 4.40. The Morgan fingerprint density at radius 1 is 1.12 bits per heavy atom. The second-order valence-corrected chi connectivity index (χ2v) is 5.84. The molecular formula is C20H26N2O2. The van der Waals surface area contributed by atoms with Gasteiger partial charge in [0.05, 0.1) is 7.11 Å². The molecule has 0 aliphatic rings. The van der Waals surface area contributed by atoms with Crippen molar-refractivity contribution in [2.45, 2.75) is 32.6 Å². The van der Waals surface area contributed by atoms with Gasteiger partial charge in [-0.2, -0.15) is 0 Å². The van der Waals surface area contributed by atoms with Gasteiger partial charge in [0.2, 0.25) is 5.91 Å². The van der Waals surface area contributed by atoms with E-state index in [1.165, 1.54) is 0 Å². The van der Waals surface area contributed by atoms with Crippen molar-refractivity contribution < 1.29 is 9.53 Å². The Morgan fingerprint density at radius 3 is 2.38 bits per heavy atom. The van der Waals surface area contributed by atoms with Crippen molar-refractivity contribution in [2.24, 2.45) is 5.92 Å². The lowest BCUT2D eigenvalue weighted by Crippen LogP contribution is -2.34. The van der Waals surface area contributed by atoms with E-state index >= 15 is 0 Å². The maximum absolute atomic E-state index is 12.3. The Bertz CT molecular complexity index is 622. The molecule has 0 aliphatic heterocycles. The summed E-state index contributed by atoms with van der Waals surface area (Å²) in [6, 6.07) is 13.8. The Labute approximate surface area is 144 Å². The fourth-order valence-corrected chi connectivity index (χ4v) is 2.82. The molecule has 1 heterocycles. The van der Waals surface area contributed by atoms with Crippen LogP contribution in [0.3, 0.4) is 0 Å². The average molecular weight is 326 g/mol. The van der Waals surface area contributed by atoms with Crippen molar-refractivity contribution in [3.63, 3.8) is 0 Å². The van der Waals surface area contributed by atoms with Gasteiger partial charge < -0.3 is 10.1 Å². The van der Waals surface area contributed by atoms with Crippen molar-refractivity contribution in [3.8, 4) is 5.75 Å². The van der Waals surface area contributed by atoms with Crippen molar-refractivity contribution in [1.29, 1.82) is 0 Å². The highest BCUT2D eigenvalue weighted by Gasteiger charge is 2.19. The van der Waals surface area contributed by atoms with Gasteiger partial charge in [0, 0.05) is 30.3 Å². The number of ether oxygens (including phenoxy) is 1. The van der Waals surface area contributed by atoms with Crippen LogP contribution in [-0.2, 0) is 4.79 Å². The molecule has 1 aromatic heterocycles. The number of nitrogens with one attached hydrogen (secondary N) is 1. The van der Waals surface area contributed by atoms with E-state index < -0.39 is 0 Å². The van der Waals surface area contributed by atoms with Gasteiger partial charge in [0.1, 0.15) is 5.75 Å². The maximum Gasteiger partial charge on any atom is 0.223 e. The molecular weight excluding hydrogens is 300 g/mol. The van der Waals surface area contributed by atoms with Crippen LogP contribution in [0.5, 0.6) is 5.75 Å². The van der Waals surface area contributed by atoms with Gasteiger partial charge in [-0.15, -0.1) is 0 Å². The highest BCUT2D eigenvalue weighted by atomic mass is 16.5. The van der Waals surface area contributed by atoms with E-state index in [0.717, 1.165) is 29.8 Å². The van der Waals surface area contributed by atoms with Crippen LogP contribution in [0.4, 0.5) is 0 Å². The largest absolute Gasteiger partial charge is 0.497 e. The summed E-state index contributed by atoms with van der Waals surface area (Å²) in [6.45, 7) is 4.64. The minimum Gasteiger partial charge on any atom is -0.497 e. The predicted octanol–water partition coefficient (Wildman–Crippen LogP) is 3.77. The molecule has 2 rings (SSSR count). The summed E-state index contributed by atoms with van der Waals surface area (Å²) in [4.78, 5) is 16.8. The Balaban J connectivity index is 2.19. The van der Waals surface area contributed by atoms with Crippen molar-refractivity contribution in [2.75, 3.05) is 13.7 Å². The standard InChI is InChI=1S/C20H26N2O2/c1-4-15(5-2)20(23)22-14-18(19-8-6-7-13-21-19)16-9-11-17(24-3)12-10-16/h6-13,15,18H,4-5,14H2,1-3H3,(H,22,23). The average Bonchev–Trinajstić information content (AvgIpc) is 2.64. The number of pyridine rings is 1. The number of carbonyl (C=O) groups excluding carboxylic acids is 1. The van der Waals surface area contributed by atoms with Gasteiger partial charge in [0.25, 0.3) is 0 Å². The molecule has 4 nitrogen and oxygen atoms in total. The van der Waals surface area contributed by atoms with E-state index in [1.807, 2.05) is 56.3 Å². The molecule has 0 aliphatic carbocycles. The van der Waals surface area contributed by atoms with Crippen LogP contribution in [0.15, 0.2) is 48.7 Å². The number of amides is 1. The molecule has 0 radical (unpaired) electrons. The third-order valence-electron chi connectivity index (χ3n) is 4.40. The fourth-order valence-electron chi connectivity index (χ4n) is 2.82. The summed E-state index contributed by atoms with van der Waals surface area (Å²) in [5.41, 5.74) is 2.06. The number of hydrogen-bond donors (Lipinski definition) is 1. The lowest BCUT2D eigenvalue weighted by molar-refractivity contribution is -0.125. The zero-order chi connectivity index (χ0) is 17.4. The van der Waals surface area contributed by atoms with Crippen LogP contribution in [0.25, 0.3) is 0 Å². The predicted molar refractivity (Wildman–Crippen MR) is 96.2 cm³/mol. The second kappa shape index (κ2) is 9.06. The smallest absolute Gasteiger partial charge is 0.223 e. The lowest BCUT2D eigenvalue weighted by Gasteiger charge is -2.20. The molecule has 1 aromatic carbocycles. The van der Waals surface area contributed by atoms with Crippen LogP contribution in [0.1, 0.15) is 43.9 Å². The second-order valence-electron chi connectivity index (χ2n) is 5.84. The highest BCUT2D eigenvalue weighted by molar-refractivity contribution is 5.78. The first-order valence-electron chi connectivity index (χ1n) is 8.52. The summed E-state index contributed by atoms with van der Waals surface area (Å²) >= 11 is 0. The van der Waals surface area contributed by atoms with Crippen LogP contribution in [0, 0.1) is 5.92 Å². The van der Waals surface area contributed by atoms with E-state index in [0.29, 0.717) is 6.54 Å². The number of benzene rings is 1. The monoisotopic (exact) mass is 326 g/mol. The molecule has 24 heavy (non-hydrogen) atoms. The molecule has 1 amide bonds. The Kier molecular flexibility index (Phi) is 6.79. The minimum atomic E-state index is 0.0235. The number of aromatic nitrogens is 1. The van der Waals surface area contributed by atoms with Crippen LogP contribution in [0.2, 0.25) is 0 Å². The lowest BCUT2D eigenvalue weighted by atomic mass is 9.94. The molecule has 0 fully saturated rings. The Hall–Kier alpha value is -2.36. The molecule has 1 N–H and O–H groups in total. The zero-order valence-electron chi connectivity index (χ0n) is 14.7. The van der Waals surface area contributed by atoms with Crippen molar-refractivity contribution >= 4 is 5.91 Å². The van der Waals surface area contributed by atoms with Crippen molar-refractivity contribution in [3.05, 3.63) is 59.9 Å². The van der Waals surface area contributed by atoms with Crippen LogP contribution >= 0.6 is 0 Å². The van der Waals surface area contributed by atoms with Gasteiger partial charge in [-0.25, -0.2) is 0 Å². The molecule has 2 aromatic rings. The van der Waals surface area contributed by atoms with E-state index in [-0.39, 0.29) is 17.7 Å². The summed E-state index contributed by atoms with van der Waals surface area (Å²) in [7, 11) is 1.65. The van der Waals surface area contributed by atoms with Gasteiger partial charge in [-0.3, -0.25) is 9.78 Å². The number of carbonyl (C=O) groups is 1. The zero-order valence-corrected chi connectivity index (χ0v) is 14.7. The molecule has 4 heteroatoms. The van der Waals surface area contributed by atoms with Crippen molar-refractivity contribution in [1.82, 2.24) is 10.3 Å². The quantitative estimate of drug-likeness (QED) is 0.803. The third kappa shape index (κ3) is 4.57. The first-order chi connectivity index (χ1) is 11.7. The highest BCUT2D eigenvalue weighted by Crippen LogP contribution is 2.24. The summed E-state index contributed by atoms with van der Waals surface area (Å²) in [6.07, 6.45) is 3.51. The molecule has 128 valence electrons. The van der Waals surface area contributed by atoms with Crippen LogP contribution < -0.4 is 10.1 Å². The molecule has 1 atom stereocenters. The molecule has 1 unspecified atom stereocenters. The normalized spacial score (nSPS) is 12.0. The topological polar surface area (TPSA) is 51.2 Å². The van der Waals surface area contributed by atoms with E-state index in [2.05, 4.69) is 10.3 Å². The summed E-state index contributed by atoms with van der Waals surface area (Å²) < 4.78 is 5.23. The first-order valence-corrected chi connectivity index (χ1v) is 8.52. The number of rotatable bonds is 8. The number of methoxy groups -OCH3 is 1. The molecule has 0 saturated carbocycles. The summed E-state index contributed by atoms with van der Waals surface area (Å²) in [5.74, 6) is 1.04. The van der Waals surface area contributed by atoms with Crippen LogP contribution in [-0.4, -0.2) is 24.5 Å². The number of hydrogen-bond acceptors (Lipinski definition) is 3. The minimum absolute atomic E-state index is 0.0235. The SMILES string of the molecule is CCC(CC)C(=O)NCC(c1ccc(OC)cc1)c1ccccn1. The molecule has 0 saturated heterocycles. The summed E-state index contributed by atoms with van der Waals surface area (Å²) in [5, 5.41) is 3.10. The van der Waals surface area contributed by atoms with Gasteiger partial charge in [-0.05, 0) is 42.7 Å².